The fraction of sp³-hybridized carbons (Fsp3) is 0.905. The van der Waals surface area contributed by atoms with Crippen molar-refractivity contribution < 1.29 is 4.79 Å². The highest BCUT2D eigenvalue weighted by Crippen LogP contribution is 2.27. The van der Waals surface area contributed by atoms with Gasteiger partial charge in [-0.1, -0.05) is 26.7 Å². The summed E-state index contributed by atoms with van der Waals surface area (Å²) in [5, 5.41) is 6.95. The molecule has 27 heavy (non-hydrogen) atoms. The quantitative estimate of drug-likeness (QED) is 0.348. The van der Waals surface area contributed by atoms with Crippen molar-refractivity contribution >= 4 is 11.9 Å². The van der Waals surface area contributed by atoms with Crippen LogP contribution in [0.25, 0.3) is 0 Å². The number of carbonyl (C=O) groups excluding carboxylic acids is 1. The van der Waals surface area contributed by atoms with Gasteiger partial charge in [-0.05, 0) is 58.2 Å². The largest absolute Gasteiger partial charge is 0.356 e. The van der Waals surface area contributed by atoms with E-state index in [1.807, 2.05) is 7.05 Å². The summed E-state index contributed by atoms with van der Waals surface area (Å²) in [4.78, 5) is 21.5. The SMILES string of the molecule is CCCN(CCC)CCCNC(=NC)NC1CCN(C(=O)C2CCCC2)C1. The zero-order chi connectivity index (χ0) is 19.5. The highest BCUT2D eigenvalue weighted by molar-refractivity contribution is 5.81. The third kappa shape index (κ3) is 7.32. The average molecular weight is 380 g/mol. The lowest BCUT2D eigenvalue weighted by Crippen LogP contribution is -2.46. The predicted molar refractivity (Wildman–Crippen MR) is 113 cm³/mol. The number of carbonyl (C=O) groups is 1. The van der Waals surface area contributed by atoms with Gasteiger partial charge < -0.3 is 20.4 Å². The number of rotatable bonds is 10. The highest BCUT2D eigenvalue weighted by Gasteiger charge is 2.32. The molecule has 0 aromatic rings. The van der Waals surface area contributed by atoms with Gasteiger partial charge in [-0.25, -0.2) is 0 Å². The van der Waals surface area contributed by atoms with Gasteiger partial charge in [0.05, 0.1) is 0 Å². The van der Waals surface area contributed by atoms with Gasteiger partial charge in [0, 0.05) is 38.6 Å². The highest BCUT2D eigenvalue weighted by atomic mass is 16.2. The van der Waals surface area contributed by atoms with Crippen LogP contribution in [0.1, 0.15) is 65.2 Å². The number of likely N-dealkylation sites (tertiary alicyclic amines) is 1. The maximum Gasteiger partial charge on any atom is 0.225 e. The molecule has 1 saturated carbocycles. The van der Waals surface area contributed by atoms with Crippen molar-refractivity contribution in [2.45, 2.75) is 71.3 Å². The number of nitrogens with zero attached hydrogens (tertiary/aromatic N) is 3. The lowest BCUT2D eigenvalue weighted by atomic mass is 10.1. The van der Waals surface area contributed by atoms with Crippen molar-refractivity contribution in [1.82, 2.24) is 20.4 Å². The molecule has 1 aliphatic carbocycles. The zero-order valence-electron chi connectivity index (χ0n) is 17.8. The van der Waals surface area contributed by atoms with Gasteiger partial charge >= 0.3 is 0 Å². The molecule has 1 aliphatic heterocycles. The van der Waals surface area contributed by atoms with Crippen LogP contribution in [0.4, 0.5) is 0 Å². The number of aliphatic imine (C=N–C) groups is 1. The topological polar surface area (TPSA) is 60.0 Å². The standard InChI is InChI=1S/C21H41N5O/c1-4-13-25(14-5-2)15-8-12-23-21(22-3)24-19-11-16-26(17-19)20(27)18-9-6-7-10-18/h18-19H,4-17H2,1-3H3,(H2,22,23,24). The van der Waals surface area contributed by atoms with Crippen molar-refractivity contribution in [3.05, 3.63) is 0 Å². The molecule has 1 heterocycles. The van der Waals surface area contributed by atoms with Gasteiger partial charge in [-0.2, -0.15) is 0 Å². The number of hydrogen-bond acceptors (Lipinski definition) is 3. The summed E-state index contributed by atoms with van der Waals surface area (Å²) < 4.78 is 0. The van der Waals surface area contributed by atoms with E-state index >= 15 is 0 Å². The van der Waals surface area contributed by atoms with Gasteiger partial charge in [0.25, 0.3) is 0 Å². The van der Waals surface area contributed by atoms with Crippen LogP contribution in [0.5, 0.6) is 0 Å². The van der Waals surface area contributed by atoms with Crippen LogP contribution in [0.3, 0.4) is 0 Å². The molecule has 0 aromatic carbocycles. The van der Waals surface area contributed by atoms with Gasteiger partial charge in [0.1, 0.15) is 0 Å². The van der Waals surface area contributed by atoms with E-state index < -0.39 is 0 Å². The van der Waals surface area contributed by atoms with E-state index in [0.29, 0.717) is 11.9 Å². The van der Waals surface area contributed by atoms with Gasteiger partial charge in [0.2, 0.25) is 5.91 Å². The lowest BCUT2D eigenvalue weighted by Gasteiger charge is -2.22. The average Bonchev–Trinajstić information content (AvgIpc) is 3.36. The maximum atomic E-state index is 12.6. The van der Waals surface area contributed by atoms with Crippen LogP contribution < -0.4 is 10.6 Å². The molecule has 2 fully saturated rings. The molecule has 1 unspecified atom stereocenters. The summed E-state index contributed by atoms with van der Waals surface area (Å²) >= 11 is 0. The van der Waals surface area contributed by atoms with E-state index in [1.54, 1.807) is 0 Å². The molecule has 6 nitrogen and oxygen atoms in total. The molecular weight excluding hydrogens is 338 g/mol. The van der Waals surface area contributed by atoms with E-state index in [9.17, 15) is 4.79 Å². The van der Waals surface area contributed by atoms with Crippen LogP contribution in [0.15, 0.2) is 4.99 Å². The van der Waals surface area contributed by atoms with E-state index in [2.05, 4.69) is 39.3 Å². The minimum atomic E-state index is 0.287. The Morgan fingerprint density at radius 3 is 2.44 bits per heavy atom. The lowest BCUT2D eigenvalue weighted by molar-refractivity contribution is -0.134. The molecule has 2 aliphatic rings. The summed E-state index contributed by atoms with van der Waals surface area (Å²) in [6.45, 7) is 10.6. The second-order valence-electron chi connectivity index (χ2n) is 8.09. The molecule has 0 spiro atoms. The van der Waals surface area contributed by atoms with E-state index in [4.69, 9.17) is 0 Å². The molecule has 0 radical (unpaired) electrons. The number of hydrogen-bond donors (Lipinski definition) is 2. The molecular formula is C21H41N5O. The van der Waals surface area contributed by atoms with Crippen molar-refractivity contribution in [3.8, 4) is 0 Å². The maximum absolute atomic E-state index is 12.6. The van der Waals surface area contributed by atoms with E-state index in [0.717, 1.165) is 57.8 Å². The van der Waals surface area contributed by atoms with E-state index in [1.165, 1.54) is 38.8 Å². The normalized spacial score (nSPS) is 21.3. The third-order valence-electron chi connectivity index (χ3n) is 5.79. The zero-order valence-corrected chi connectivity index (χ0v) is 17.8. The number of amides is 1. The summed E-state index contributed by atoms with van der Waals surface area (Å²) in [6.07, 6.45) is 9.18. The molecule has 1 atom stereocenters. The fourth-order valence-corrected chi connectivity index (χ4v) is 4.37. The summed E-state index contributed by atoms with van der Waals surface area (Å²) in [5.74, 6) is 1.54. The van der Waals surface area contributed by atoms with Crippen LogP contribution in [0.2, 0.25) is 0 Å². The smallest absolute Gasteiger partial charge is 0.225 e. The molecule has 156 valence electrons. The first-order chi connectivity index (χ1) is 13.2. The Bertz CT molecular complexity index is 455. The van der Waals surface area contributed by atoms with Crippen molar-refractivity contribution in [1.29, 1.82) is 0 Å². The van der Waals surface area contributed by atoms with Crippen LogP contribution in [-0.4, -0.2) is 74.0 Å². The number of nitrogens with one attached hydrogen (secondary N) is 2. The van der Waals surface area contributed by atoms with Crippen molar-refractivity contribution in [2.75, 3.05) is 46.3 Å². The third-order valence-corrected chi connectivity index (χ3v) is 5.79. The number of guanidine groups is 1. The predicted octanol–water partition coefficient (Wildman–Crippen LogP) is 2.45. The molecule has 0 bridgehead atoms. The second kappa shape index (κ2) is 12.2. The molecule has 6 heteroatoms. The molecule has 2 rings (SSSR count). The van der Waals surface area contributed by atoms with Gasteiger partial charge in [-0.15, -0.1) is 0 Å². The summed E-state index contributed by atoms with van der Waals surface area (Å²) in [7, 11) is 1.83. The second-order valence-corrected chi connectivity index (χ2v) is 8.09. The molecule has 2 N–H and O–H groups in total. The van der Waals surface area contributed by atoms with E-state index in [-0.39, 0.29) is 5.92 Å². The minimum Gasteiger partial charge on any atom is -0.356 e. The van der Waals surface area contributed by atoms with Crippen LogP contribution in [-0.2, 0) is 4.79 Å². The Morgan fingerprint density at radius 1 is 1.11 bits per heavy atom. The van der Waals surface area contributed by atoms with Gasteiger partial charge in [0.15, 0.2) is 5.96 Å². The Labute approximate surface area is 166 Å². The first-order valence-electron chi connectivity index (χ1n) is 11.2. The summed E-state index contributed by atoms with van der Waals surface area (Å²) in [6, 6.07) is 0.318. The van der Waals surface area contributed by atoms with Crippen molar-refractivity contribution in [3.63, 3.8) is 0 Å². The monoisotopic (exact) mass is 379 g/mol. The van der Waals surface area contributed by atoms with Crippen LogP contribution in [0, 0.1) is 5.92 Å². The first kappa shape index (κ1) is 22.0. The Hall–Kier alpha value is -1.30. The molecule has 0 aromatic heterocycles. The molecule has 1 saturated heterocycles. The van der Waals surface area contributed by atoms with Crippen LogP contribution >= 0.6 is 0 Å². The molecule has 1 amide bonds. The minimum absolute atomic E-state index is 0.287. The first-order valence-corrected chi connectivity index (χ1v) is 11.2. The summed E-state index contributed by atoms with van der Waals surface area (Å²) in [5.41, 5.74) is 0. The fourth-order valence-electron chi connectivity index (χ4n) is 4.37. The Morgan fingerprint density at radius 2 is 1.81 bits per heavy atom. The Balaban J connectivity index is 1.65. The van der Waals surface area contributed by atoms with Gasteiger partial charge in [-0.3, -0.25) is 9.79 Å². The van der Waals surface area contributed by atoms with Crippen molar-refractivity contribution in [2.24, 2.45) is 10.9 Å². The Kier molecular flexibility index (Phi) is 9.95.